The average molecular weight is 293 g/mol. The van der Waals surface area contributed by atoms with Gasteiger partial charge in [-0.3, -0.25) is 0 Å². The number of carboxylic acid groups (broad SMARTS) is 1. The van der Waals surface area contributed by atoms with Crippen molar-refractivity contribution in [1.29, 1.82) is 0 Å². The highest BCUT2D eigenvalue weighted by Gasteiger charge is 2.10. The molecule has 0 spiro atoms. The number of hydrogen-bond donors (Lipinski definition) is 1. The molecule has 0 bridgehead atoms. The minimum absolute atomic E-state index is 0.352. The molecule has 1 aromatic rings. The van der Waals surface area contributed by atoms with Crippen molar-refractivity contribution in [2.24, 2.45) is 0 Å². The van der Waals surface area contributed by atoms with Crippen molar-refractivity contribution in [3.63, 3.8) is 0 Å². The first-order chi connectivity index (χ1) is 10.1. The summed E-state index contributed by atoms with van der Waals surface area (Å²) in [7, 11) is 0. The van der Waals surface area contributed by atoms with Crippen LogP contribution in [0.15, 0.2) is 24.3 Å². The molecule has 1 rings (SSSR count). The van der Waals surface area contributed by atoms with Crippen LogP contribution in [0.3, 0.4) is 0 Å². The van der Waals surface area contributed by atoms with Gasteiger partial charge in [0, 0.05) is 30.4 Å². The fourth-order valence-corrected chi connectivity index (χ4v) is 2.16. The first-order valence-corrected chi connectivity index (χ1v) is 7.54. The molecule has 0 atom stereocenters. The summed E-state index contributed by atoms with van der Waals surface area (Å²) in [5.74, 6) is -1.38. The van der Waals surface area contributed by atoms with E-state index in [1.165, 1.54) is 18.2 Å². The Morgan fingerprint density at radius 3 is 2.38 bits per heavy atom. The predicted molar refractivity (Wildman–Crippen MR) is 85.1 cm³/mol. The number of rotatable bonds is 9. The molecular formula is C17H24FNO2. The molecule has 0 aliphatic heterocycles. The van der Waals surface area contributed by atoms with Gasteiger partial charge in [0.1, 0.15) is 5.82 Å². The number of carbonyl (C=O) groups is 1. The molecule has 116 valence electrons. The van der Waals surface area contributed by atoms with E-state index in [0.29, 0.717) is 5.56 Å². The van der Waals surface area contributed by atoms with Crippen LogP contribution in [0.2, 0.25) is 0 Å². The number of benzene rings is 1. The summed E-state index contributed by atoms with van der Waals surface area (Å²) < 4.78 is 13.4. The average Bonchev–Trinajstić information content (AvgIpc) is 2.46. The number of anilines is 1. The Hall–Kier alpha value is -1.84. The van der Waals surface area contributed by atoms with E-state index in [0.717, 1.165) is 50.5 Å². The zero-order chi connectivity index (χ0) is 15.7. The molecule has 0 unspecified atom stereocenters. The van der Waals surface area contributed by atoms with Gasteiger partial charge in [-0.2, -0.15) is 0 Å². The van der Waals surface area contributed by atoms with Crippen molar-refractivity contribution in [3.05, 3.63) is 35.7 Å². The molecule has 0 amide bonds. The summed E-state index contributed by atoms with van der Waals surface area (Å²) in [6.07, 6.45) is 6.81. The maximum Gasteiger partial charge on any atom is 0.328 e. The number of halogens is 1. The maximum absolute atomic E-state index is 13.4. The summed E-state index contributed by atoms with van der Waals surface area (Å²) in [4.78, 5) is 12.9. The summed E-state index contributed by atoms with van der Waals surface area (Å²) >= 11 is 0. The molecule has 0 aromatic heterocycles. The van der Waals surface area contributed by atoms with Gasteiger partial charge in [0.15, 0.2) is 0 Å². The molecule has 0 radical (unpaired) electrons. The standard InChI is InChI=1S/C17H24FNO2/c1-3-5-11-19(12-6-4-2)16-9-8-15(18)13-14(16)7-10-17(20)21/h7-10,13H,3-6,11-12H2,1-2H3,(H,20,21)/b10-7+. The molecule has 0 saturated carbocycles. The van der Waals surface area contributed by atoms with Gasteiger partial charge in [0.05, 0.1) is 0 Å². The fourth-order valence-electron chi connectivity index (χ4n) is 2.16. The third kappa shape index (κ3) is 5.98. The third-order valence-electron chi connectivity index (χ3n) is 3.30. The van der Waals surface area contributed by atoms with Gasteiger partial charge >= 0.3 is 5.97 Å². The van der Waals surface area contributed by atoms with Gasteiger partial charge in [-0.25, -0.2) is 9.18 Å². The van der Waals surface area contributed by atoms with Gasteiger partial charge in [-0.15, -0.1) is 0 Å². The van der Waals surface area contributed by atoms with E-state index in [1.54, 1.807) is 6.07 Å². The van der Waals surface area contributed by atoms with E-state index in [2.05, 4.69) is 18.7 Å². The van der Waals surface area contributed by atoms with E-state index < -0.39 is 5.97 Å². The molecule has 0 aliphatic rings. The topological polar surface area (TPSA) is 40.5 Å². The number of nitrogens with zero attached hydrogens (tertiary/aromatic N) is 1. The van der Waals surface area contributed by atoms with Crippen LogP contribution in [0.5, 0.6) is 0 Å². The lowest BCUT2D eigenvalue weighted by Gasteiger charge is -2.26. The second-order valence-corrected chi connectivity index (χ2v) is 5.07. The molecular weight excluding hydrogens is 269 g/mol. The number of carboxylic acids is 1. The lowest BCUT2D eigenvalue weighted by molar-refractivity contribution is -0.131. The Kier molecular flexibility index (Phi) is 7.51. The zero-order valence-corrected chi connectivity index (χ0v) is 12.8. The van der Waals surface area contributed by atoms with Gasteiger partial charge in [-0.1, -0.05) is 26.7 Å². The minimum Gasteiger partial charge on any atom is -0.478 e. The van der Waals surface area contributed by atoms with Crippen LogP contribution in [0.25, 0.3) is 6.08 Å². The summed E-state index contributed by atoms with van der Waals surface area (Å²) in [5, 5.41) is 8.76. The Morgan fingerprint density at radius 1 is 1.24 bits per heavy atom. The van der Waals surface area contributed by atoms with E-state index in [1.807, 2.05) is 0 Å². The number of unbranched alkanes of at least 4 members (excludes halogenated alkanes) is 2. The second-order valence-electron chi connectivity index (χ2n) is 5.07. The smallest absolute Gasteiger partial charge is 0.328 e. The first-order valence-electron chi connectivity index (χ1n) is 7.54. The molecule has 0 fully saturated rings. The van der Waals surface area contributed by atoms with E-state index in [4.69, 9.17) is 5.11 Å². The van der Waals surface area contributed by atoms with Crippen molar-refractivity contribution < 1.29 is 14.3 Å². The molecule has 3 nitrogen and oxygen atoms in total. The lowest BCUT2D eigenvalue weighted by atomic mass is 10.1. The highest BCUT2D eigenvalue weighted by atomic mass is 19.1. The summed E-state index contributed by atoms with van der Waals surface area (Å²) in [6, 6.07) is 4.56. The van der Waals surface area contributed by atoms with Crippen molar-refractivity contribution in [1.82, 2.24) is 0 Å². The van der Waals surface area contributed by atoms with Crippen LogP contribution in [-0.2, 0) is 4.79 Å². The molecule has 0 aliphatic carbocycles. The second kappa shape index (κ2) is 9.16. The highest BCUT2D eigenvalue weighted by Crippen LogP contribution is 2.24. The highest BCUT2D eigenvalue weighted by molar-refractivity contribution is 5.87. The minimum atomic E-state index is -1.03. The summed E-state index contributed by atoms with van der Waals surface area (Å²) in [5.41, 5.74) is 1.51. The van der Waals surface area contributed by atoms with Crippen molar-refractivity contribution in [2.75, 3.05) is 18.0 Å². The maximum atomic E-state index is 13.4. The van der Waals surface area contributed by atoms with Crippen molar-refractivity contribution in [3.8, 4) is 0 Å². The first kappa shape index (κ1) is 17.2. The van der Waals surface area contributed by atoms with Crippen LogP contribution < -0.4 is 4.90 Å². The predicted octanol–water partition coefficient (Wildman–Crippen LogP) is 4.33. The van der Waals surface area contributed by atoms with Crippen LogP contribution in [0.4, 0.5) is 10.1 Å². The van der Waals surface area contributed by atoms with Gasteiger partial charge in [-0.05, 0) is 37.1 Å². The van der Waals surface area contributed by atoms with Crippen LogP contribution in [0.1, 0.15) is 45.1 Å². The normalized spacial score (nSPS) is 11.0. The molecule has 1 N–H and O–H groups in total. The van der Waals surface area contributed by atoms with Crippen molar-refractivity contribution >= 4 is 17.7 Å². The van der Waals surface area contributed by atoms with Gasteiger partial charge in [0.2, 0.25) is 0 Å². The molecule has 0 heterocycles. The van der Waals surface area contributed by atoms with Crippen LogP contribution in [0, 0.1) is 5.82 Å². The van der Waals surface area contributed by atoms with E-state index in [-0.39, 0.29) is 5.82 Å². The molecule has 1 aromatic carbocycles. The Morgan fingerprint density at radius 2 is 1.86 bits per heavy atom. The number of aliphatic carboxylic acids is 1. The van der Waals surface area contributed by atoms with Crippen molar-refractivity contribution in [2.45, 2.75) is 39.5 Å². The SMILES string of the molecule is CCCCN(CCCC)c1ccc(F)cc1/C=C/C(=O)O. The lowest BCUT2D eigenvalue weighted by Crippen LogP contribution is -2.26. The largest absolute Gasteiger partial charge is 0.478 e. The molecule has 21 heavy (non-hydrogen) atoms. The molecule has 4 heteroatoms. The molecule has 0 saturated heterocycles. The summed E-state index contributed by atoms with van der Waals surface area (Å²) in [6.45, 7) is 6.06. The van der Waals surface area contributed by atoms with Gasteiger partial charge in [0.25, 0.3) is 0 Å². The van der Waals surface area contributed by atoms with E-state index in [9.17, 15) is 9.18 Å². The monoisotopic (exact) mass is 293 g/mol. The quantitative estimate of drug-likeness (QED) is 0.689. The van der Waals surface area contributed by atoms with E-state index >= 15 is 0 Å². The zero-order valence-electron chi connectivity index (χ0n) is 12.8. The fraction of sp³-hybridized carbons (Fsp3) is 0.471. The van der Waals surface area contributed by atoms with Crippen LogP contribution >= 0.6 is 0 Å². The Labute approximate surface area is 126 Å². The number of hydrogen-bond acceptors (Lipinski definition) is 2. The Balaban J connectivity index is 3.06. The van der Waals surface area contributed by atoms with Crippen LogP contribution in [-0.4, -0.2) is 24.2 Å². The Bertz CT molecular complexity index is 478. The van der Waals surface area contributed by atoms with Gasteiger partial charge < -0.3 is 10.0 Å². The third-order valence-corrected chi connectivity index (χ3v) is 3.30.